The molecule has 6 heteroatoms. The summed E-state index contributed by atoms with van der Waals surface area (Å²) in [6.45, 7) is 3.18. The third kappa shape index (κ3) is 3.08. The Bertz CT molecular complexity index is 913. The highest BCUT2D eigenvalue weighted by molar-refractivity contribution is 5.91. The summed E-state index contributed by atoms with van der Waals surface area (Å²) in [4.78, 5) is 18.4. The predicted octanol–water partition coefficient (Wildman–Crippen LogP) is 2.62. The van der Waals surface area contributed by atoms with Crippen molar-refractivity contribution in [3.63, 3.8) is 0 Å². The minimum Gasteiger partial charge on any atom is -0.465 e. The van der Waals surface area contributed by atoms with E-state index in [-0.39, 0.29) is 5.97 Å². The Morgan fingerprint density at radius 3 is 2.76 bits per heavy atom. The molecule has 3 aromatic heterocycles. The van der Waals surface area contributed by atoms with Crippen LogP contribution >= 0.6 is 0 Å². The molecule has 0 bridgehead atoms. The highest BCUT2D eigenvalue weighted by Crippen LogP contribution is 2.25. The summed E-state index contributed by atoms with van der Waals surface area (Å²) < 4.78 is 12.1. The second kappa shape index (κ2) is 6.57. The molecule has 1 fully saturated rings. The van der Waals surface area contributed by atoms with Crippen molar-refractivity contribution < 1.29 is 14.3 Å². The largest absolute Gasteiger partial charge is 0.465 e. The molecule has 0 spiro atoms. The van der Waals surface area contributed by atoms with E-state index in [0.717, 1.165) is 48.8 Å². The van der Waals surface area contributed by atoms with Crippen LogP contribution < -0.4 is 4.90 Å². The molecule has 3 aromatic rings. The molecule has 0 atom stereocenters. The van der Waals surface area contributed by atoms with Crippen molar-refractivity contribution >= 4 is 17.3 Å². The zero-order valence-corrected chi connectivity index (χ0v) is 14.0. The van der Waals surface area contributed by atoms with E-state index in [9.17, 15) is 4.79 Å². The molecule has 1 aliphatic heterocycles. The number of rotatable bonds is 3. The lowest BCUT2D eigenvalue weighted by molar-refractivity contribution is 0.0601. The van der Waals surface area contributed by atoms with E-state index in [1.54, 1.807) is 6.20 Å². The zero-order valence-electron chi connectivity index (χ0n) is 14.0. The Hall–Kier alpha value is -2.86. The van der Waals surface area contributed by atoms with Crippen molar-refractivity contribution in [1.29, 1.82) is 0 Å². The van der Waals surface area contributed by atoms with Gasteiger partial charge in [0.05, 0.1) is 25.9 Å². The first kappa shape index (κ1) is 15.7. The molecule has 0 N–H and O–H groups in total. The zero-order chi connectivity index (χ0) is 17.2. The summed E-state index contributed by atoms with van der Waals surface area (Å²) >= 11 is 0. The van der Waals surface area contributed by atoms with Gasteiger partial charge in [-0.3, -0.25) is 0 Å². The van der Waals surface area contributed by atoms with Gasteiger partial charge < -0.3 is 18.8 Å². The predicted molar refractivity (Wildman–Crippen MR) is 95.0 cm³/mol. The van der Waals surface area contributed by atoms with Crippen molar-refractivity contribution in [1.82, 2.24) is 9.38 Å². The number of ether oxygens (including phenoxy) is 2. The van der Waals surface area contributed by atoms with Gasteiger partial charge in [-0.2, -0.15) is 0 Å². The number of morpholine rings is 1. The van der Waals surface area contributed by atoms with Crippen LogP contribution in [0.5, 0.6) is 0 Å². The summed E-state index contributed by atoms with van der Waals surface area (Å²) in [5.74, 6) is 0.632. The Kier molecular flexibility index (Phi) is 4.11. The van der Waals surface area contributed by atoms with Gasteiger partial charge in [-0.25, -0.2) is 9.78 Å². The fraction of sp³-hybridized carbons (Fsp3) is 0.263. The normalized spacial score (nSPS) is 14.7. The first-order valence-electron chi connectivity index (χ1n) is 8.24. The van der Waals surface area contributed by atoms with Gasteiger partial charge in [-0.05, 0) is 35.4 Å². The lowest BCUT2D eigenvalue weighted by Crippen LogP contribution is -2.36. The maximum absolute atomic E-state index is 11.7. The third-order valence-electron chi connectivity index (χ3n) is 4.43. The fourth-order valence-corrected chi connectivity index (χ4v) is 3.07. The van der Waals surface area contributed by atoms with Gasteiger partial charge in [0.2, 0.25) is 0 Å². The van der Waals surface area contributed by atoms with Gasteiger partial charge in [0.25, 0.3) is 0 Å². The van der Waals surface area contributed by atoms with Crippen LogP contribution in [-0.2, 0) is 9.47 Å². The van der Waals surface area contributed by atoms with Crippen LogP contribution in [0, 0.1) is 0 Å². The molecule has 0 saturated carbocycles. The van der Waals surface area contributed by atoms with Crippen molar-refractivity contribution in [2.45, 2.75) is 0 Å². The van der Waals surface area contributed by atoms with Gasteiger partial charge in [0.1, 0.15) is 5.82 Å². The molecule has 25 heavy (non-hydrogen) atoms. The number of fused-ring (bicyclic) bond motifs is 1. The lowest BCUT2D eigenvalue weighted by atomic mass is 10.1. The number of methoxy groups -OCH3 is 1. The summed E-state index contributed by atoms with van der Waals surface area (Å²) in [6, 6.07) is 9.96. The van der Waals surface area contributed by atoms with E-state index >= 15 is 0 Å². The standard InChI is InChI=1S/C19H19N3O3/c1-24-19(23)16-10-17-3-2-15(12-22(17)13-16)14-4-5-20-18(11-14)21-6-8-25-9-7-21/h2-5,10-13H,6-9H2,1H3. The number of hydrogen-bond acceptors (Lipinski definition) is 5. The molecule has 0 aliphatic carbocycles. The number of hydrogen-bond donors (Lipinski definition) is 0. The van der Waals surface area contributed by atoms with Gasteiger partial charge in [0.15, 0.2) is 0 Å². The van der Waals surface area contributed by atoms with Crippen molar-refractivity contribution in [3.05, 3.63) is 54.5 Å². The number of carbonyl (C=O) groups excluding carboxylic acids is 1. The van der Waals surface area contributed by atoms with Crippen LogP contribution in [0.25, 0.3) is 16.6 Å². The van der Waals surface area contributed by atoms with Crippen LogP contribution in [-0.4, -0.2) is 48.8 Å². The summed E-state index contributed by atoms with van der Waals surface area (Å²) in [7, 11) is 1.39. The quantitative estimate of drug-likeness (QED) is 0.688. The Morgan fingerprint density at radius 2 is 1.96 bits per heavy atom. The van der Waals surface area contributed by atoms with Crippen LogP contribution in [0.2, 0.25) is 0 Å². The maximum atomic E-state index is 11.7. The Balaban J connectivity index is 1.68. The molecule has 0 radical (unpaired) electrons. The van der Waals surface area contributed by atoms with Crippen molar-refractivity contribution in [2.24, 2.45) is 0 Å². The summed E-state index contributed by atoms with van der Waals surface area (Å²) in [5.41, 5.74) is 3.65. The maximum Gasteiger partial charge on any atom is 0.339 e. The van der Waals surface area contributed by atoms with E-state index in [2.05, 4.69) is 22.0 Å². The van der Waals surface area contributed by atoms with Crippen LogP contribution in [0.3, 0.4) is 0 Å². The number of nitrogens with zero attached hydrogens (tertiary/aromatic N) is 3. The molecule has 1 aliphatic rings. The molecule has 0 amide bonds. The SMILES string of the molecule is COC(=O)c1cc2ccc(-c3ccnc(N4CCOCC4)c3)cn2c1. The monoisotopic (exact) mass is 337 g/mol. The molecule has 4 heterocycles. The van der Waals surface area contributed by atoms with E-state index < -0.39 is 0 Å². The lowest BCUT2D eigenvalue weighted by Gasteiger charge is -2.28. The average molecular weight is 337 g/mol. The molecule has 0 aromatic carbocycles. The van der Waals surface area contributed by atoms with E-state index in [4.69, 9.17) is 9.47 Å². The number of carbonyl (C=O) groups is 1. The first-order valence-corrected chi connectivity index (χ1v) is 8.24. The highest BCUT2D eigenvalue weighted by Gasteiger charge is 2.13. The minimum atomic E-state index is -0.330. The fourth-order valence-electron chi connectivity index (χ4n) is 3.07. The number of esters is 1. The second-order valence-electron chi connectivity index (χ2n) is 5.97. The Labute approximate surface area is 145 Å². The average Bonchev–Trinajstić information content (AvgIpc) is 3.11. The molecular formula is C19H19N3O3. The van der Waals surface area contributed by atoms with Crippen LogP contribution in [0.15, 0.2) is 48.9 Å². The molecule has 128 valence electrons. The molecule has 1 saturated heterocycles. The highest BCUT2D eigenvalue weighted by atomic mass is 16.5. The van der Waals surface area contributed by atoms with Crippen LogP contribution in [0.4, 0.5) is 5.82 Å². The van der Waals surface area contributed by atoms with Gasteiger partial charge in [-0.1, -0.05) is 6.07 Å². The second-order valence-corrected chi connectivity index (χ2v) is 5.97. The minimum absolute atomic E-state index is 0.330. The smallest absolute Gasteiger partial charge is 0.339 e. The first-order chi connectivity index (χ1) is 12.2. The van der Waals surface area contributed by atoms with Gasteiger partial charge >= 0.3 is 5.97 Å². The number of anilines is 1. The van der Waals surface area contributed by atoms with Gasteiger partial charge in [-0.15, -0.1) is 0 Å². The number of aromatic nitrogens is 2. The molecule has 0 unspecified atom stereocenters. The summed E-state index contributed by atoms with van der Waals surface area (Å²) in [5, 5.41) is 0. The Morgan fingerprint density at radius 1 is 1.12 bits per heavy atom. The topological polar surface area (TPSA) is 56.1 Å². The van der Waals surface area contributed by atoms with Gasteiger partial charge in [0, 0.05) is 37.2 Å². The van der Waals surface area contributed by atoms with Crippen LogP contribution in [0.1, 0.15) is 10.4 Å². The molecule has 4 rings (SSSR count). The van der Waals surface area contributed by atoms with E-state index in [1.807, 2.05) is 35.0 Å². The van der Waals surface area contributed by atoms with Crippen molar-refractivity contribution in [2.75, 3.05) is 38.3 Å². The third-order valence-corrected chi connectivity index (χ3v) is 4.43. The molecular weight excluding hydrogens is 318 g/mol. The molecule has 6 nitrogen and oxygen atoms in total. The van der Waals surface area contributed by atoms with Crippen molar-refractivity contribution in [3.8, 4) is 11.1 Å². The summed E-state index contributed by atoms with van der Waals surface area (Å²) in [6.07, 6.45) is 5.63. The van der Waals surface area contributed by atoms with E-state index in [1.165, 1.54) is 7.11 Å². The van der Waals surface area contributed by atoms with E-state index in [0.29, 0.717) is 5.56 Å². The number of pyridine rings is 2.